The SMILES string of the molecule is COc1ccc(Br)cc1COc1ccc(C)cc1[C@H](C)O. The first-order chi connectivity index (χ1) is 10.0. The number of rotatable bonds is 5. The summed E-state index contributed by atoms with van der Waals surface area (Å²) >= 11 is 3.45. The van der Waals surface area contributed by atoms with Crippen molar-refractivity contribution in [3.05, 3.63) is 57.6 Å². The summed E-state index contributed by atoms with van der Waals surface area (Å²) in [4.78, 5) is 0. The maximum Gasteiger partial charge on any atom is 0.125 e. The number of aryl methyl sites for hydroxylation is 1. The zero-order valence-electron chi connectivity index (χ0n) is 12.4. The highest BCUT2D eigenvalue weighted by Gasteiger charge is 2.11. The molecule has 0 saturated carbocycles. The molecular weight excluding hydrogens is 332 g/mol. The van der Waals surface area contributed by atoms with E-state index in [-0.39, 0.29) is 0 Å². The first-order valence-electron chi connectivity index (χ1n) is 6.75. The summed E-state index contributed by atoms with van der Waals surface area (Å²) in [5, 5.41) is 9.86. The second-order valence-electron chi connectivity index (χ2n) is 4.96. The molecule has 112 valence electrons. The molecule has 2 rings (SSSR count). The molecule has 1 N–H and O–H groups in total. The molecule has 0 bridgehead atoms. The molecule has 2 aromatic rings. The summed E-state index contributed by atoms with van der Waals surface area (Å²) in [7, 11) is 1.64. The number of hydrogen-bond donors (Lipinski definition) is 1. The van der Waals surface area contributed by atoms with Gasteiger partial charge in [0.2, 0.25) is 0 Å². The minimum Gasteiger partial charge on any atom is -0.496 e. The Morgan fingerprint density at radius 3 is 2.52 bits per heavy atom. The quantitative estimate of drug-likeness (QED) is 0.868. The van der Waals surface area contributed by atoms with Gasteiger partial charge in [0.1, 0.15) is 18.1 Å². The Balaban J connectivity index is 2.22. The number of halogens is 1. The summed E-state index contributed by atoms with van der Waals surface area (Å²) < 4.78 is 12.2. The van der Waals surface area contributed by atoms with E-state index in [0.717, 1.165) is 26.9 Å². The summed E-state index contributed by atoms with van der Waals surface area (Å²) in [5.74, 6) is 1.47. The van der Waals surface area contributed by atoms with E-state index in [1.54, 1.807) is 14.0 Å². The van der Waals surface area contributed by atoms with Crippen LogP contribution in [0.2, 0.25) is 0 Å². The van der Waals surface area contributed by atoms with Crippen LogP contribution in [0, 0.1) is 6.92 Å². The maximum atomic E-state index is 9.86. The predicted molar refractivity (Wildman–Crippen MR) is 86.8 cm³/mol. The molecule has 0 aliphatic heterocycles. The van der Waals surface area contributed by atoms with E-state index in [0.29, 0.717) is 12.4 Å². The summed E-state index contributed by atoms with van der Waals surface area (Å²) in [5.41, 5.74) is 2.84. The number of methoxy groups -OCH3 is 1. The van der Waals surface area contributed by atoms with Crippen LogP contribution in [0.25, 0.3) is 0 Å². The first kappa shape index (κ1) is 15.9. The van der Waals surface area contributed by atoms with Crippen LogP contribution in [0.5, 0.6) is 11.5 Å². The van der Waals surface area contributed by atoms with Crippen molar-refractivity contribution in [2.45, 2.75) is 26.6 Å². The van der Waals surface area contributed by atoms with Gasteiger partial charge in [0.15, 0.2) is 0 Å². The normalized spacial score (nSPS) is 12.0. The largest absolute Gasteiger partial charge is 0.496 e. The van der Waals surface area contributed by atoms with Crippen LogP contribution in [-0.4, -0.2) is 12.2 Å². The highest BCUT2D eigenvalue weighted by Crippen LogP contribution is 2.29. The van der Waals surface area contributed by atoms with E-state index in [9.17, 15) is 5.11 Å². The highest BCUT2D eigenvalue weighted by molar-refractivity contribution is 9.10. The van der Waals surface area contributed by atoms with Crippen molar-refractivity contribution in [3.8, 4) is 11.5 Å². The van der Waals surface area contributed by atoms with Crippen molar-refractivity contribution in [1.82, 2.24) is 0 Å². The lowest BCUT2D eigenvalue weighted by Crippen LogP contribution is -2.03. The molecule has 2 aromatic carbocycles. The molecule has 21 heavy (non-hydrogen) atoms. The molecule has 0 heterocycles. The molecule has 1 atom stereocenters. The third kappa shape index (κ3) is 3.99. The van der Waals surface area contributed by atoms with Gasteiger partial charge in [-0.25, -0.2) is 0 Å². The Labute approximate surface area is 133 Å². The van der Waals surface area contributed by atoms with Gasteiger partial charge in [-0.05, 0) is 44.2 Å². The molecule has 0 amide bonds. The summed E-state index contributed by atoms with van der Waals surface area (Å²) in [6.07, 6.45) is -0.565. The standard InChI is InChI=1S/C17H19BrO3/c1-11-4-6-17(15(8-11)12(2)19)21-10-13-9-14(18)5-7-16(13)20-3/h4-9,12,19H,10H2,1-3H3/t12-/m0/s1. The van der Waals surface area contributed by atoms with Gasteiger partial charge in [-0.1, -0.05) is 27.6 Å². The van der Waals surface area contributed by atoms with Gasteiger partial charge in [-0.2, -0.15) is 0 Å². The predicted octanol–water partition coefficient (Wildman–Crippen LogP) is 4.40. The number of aliphatic hydroxyl groups is 1. The average molecular weight is 351 g/mol. The molecule has 0 aromatic heterocycles. The Kier molecular flexibility index (Phi) is 5.26. The van der Waals surface area contributed by atoms with Crippen LogP contribution >= 0.6 is 15.9 Å². The van der Waals surface area contributed by atoms with Gasteiger partial charge in [-0.15, -0.1) is 0 Å². The van der Waals surface area contributed by atoms with Crippen LogP contribution in [0.3, 0.4) is 0 Å². The summed E-state index contributed by atoms with van der Waals surface area (Å²) in [6, 6.07) is 11.6. The molecular formula is C17H19BrO3. The average Bonchev–Trinajstić information content (AvgIpc) is 2.46. The number of hydrogen-bond acceptors (Lipinski definition) is 3. The third-order valence-corrected chi connectivity index (χ3v) is 3.73. The Hall–Kier alpha value is -1.52. The summed E-state index contributed by atoms with van der Waals surface area (Å²) in [6.45, 7) is 4.11. The fourth-order valence-corrected chi connectivity index (χ4v) is 2.55. The first-order valence-corrected chi connectivity index (χ1v) is 7.54. The minimum absolute atomic E-state index is 0.380. The lowest BCUT2D eigenvalue weighted by atomic mass is 10.1. The third-order valence-electron chi connectivity index (χ3n) is 3.24. The molecule has 0 aliphatic rings. The molecule has 0 spiro atoms. The van der Waals surface area contributed by atoms with Gasteiger partial charge in [-0.3, -0.25) is 0 Å². The highest BCUT2D eigenvalue weighted by atomic mass is 79.9. The molecule has 0 unspecified atom stereocenters. The van der Waals surface area contributed by atoms with Crippen molar-refractivity contribution in [2.24, 2.45) is 0 Å². The molecule has 0 fully saturated rings. The van der Waals surface area contributed by atoms with Crippen LogP contribution in [0.1, 0.15) is 29.7 Å². The second-order valence-corrected chi connectivity index (χ2v) is 5.88. The van der Waals surface area contributed by atoms with Crippen molar-refractivity contribution >= 4 is 15.9 Å². The van der Waals surface area contributed by atoms with Crippen molar-refractivity contribution in [1.29, 1.82) is 0 Å². The number of aliphatic hydroxyl groups excluding tert-OH is 1. The number of ether oxygens (including phenoxy) is 2. The van der Waals surface area contributed by atoms with E-state index < -0.39 is 6.10 Å². The topological polar surface area (TPSA) is 38.7 Å². The molecule has 0 saturated heterocycles. The Morgan fingerprint density at radius 1 is 1.14 bits per heavy atom. The Morgan fingerprint density at radius 2 is 1.86 bits per heavy atom. The number of benzene rings is 2. The molecule has 4 heteroatoms. The second kappa shape index (κ2) is 6.96. The minimum atomic E-state index is -0.565. The van der Waals surface area contributed by atoms with Crippen LogP contribution in [0.15, 0.2) is 40.9 Å². The van der Waals surface area contributed by atoms with Crippen molar-refractivity contribution in [3.63, 3.8) is 0 Å². The molecule has 0 radical (unpaired) electrons. The fourth-order valence-electron chi connectivity index (χ4n) is 2.14. The zero-order chi connectivity index (χ0) is 15.4. The lowest BCUT2D eigenvalue weighted by Gasteiger charge is -2.15. The van der Waals surface area contributed by atoms with Crippen LogP contribution in [0.4, 0.5) is 0 Å². The van der Waals surface area contributed by atoms with E-state index in [2.05, 4.69) is 15.9 Å². The molecule has 3 nitrogen and oxygen atoms in total. The van der Waals surface area contributed by atoms with E-state index >= 15 is 0 Å². The zero-order valence-corrected chi connectivity index (χ0v) is 14.0. The van der Waals surface area contributed by atoms with E-state index in [4.69, 9.17) is 9.47 Å². The smallest absolute Gasteiger partial charge is 0.125 e. The maximum absolute atomic E-state index is 9.86. The lowest BCUT2D eigenvalue weighted by molar-refractivity contribution is 0.189. The van der Waals surface area contributed by atoms with Crippen LogP contribution in [-0.2, 0) is 6.61 Å². The molecule has 0 aliphatic carbocycles. The van der Waals surface area contributed by atoms with Crippen molar-refractivity contribution in [2.75, 3.05) is 7.11 Å². The van der Waals surface area contributed by atoms with Gasteiger partial charge < -0.3 is 14.6 Å². The van der Waals surface area contributed by atoms with E-state index in [1.807, 2.05) is 43.3 Å². The fraction of sp³-hybridized carbons (Fsp3) is 0.294. The van der Waals surface area contributed by atoms with Gasteiger partial charge in [0, 0.05) is 15.6 Å². The van der Waals surface area contributed by atoms with Gasteiger partial charge >= 0.3 is 0 Å². The van der Waals surface area contributed by atoms with Gasteiger partial charge in [0.25, 0.3) is 0 Å². The van der Waals surface area contributed by atoms with E-state index in [1.165, 1.54) is 0 Å². The van der Waals surface area contributed by atoms with Gasteiger partial charge in [0.05, 0.1) is 13.2 Å². The monoisotopic (exact) mass is 350 g/mol. The Bertz CT molecular complexity index is 623. The van der Waals surface area contributed by atoms with Crippen molar-refractivity contribution < 1.29 is 14.6 Å². The van der Waals surface area contributed by atoms with Crippen LogP contribution < -0.4 is 9.47 Å².